The van der Waals surface area contributed by atoms with Crippen molar-refractivity contribution in [1.29, 1.82) is 0 Å². The molecule has 0 unspecified atom stereocenters. The first-order valence-corrected chi connectivity index (χ1v) is 7.35. The first kappa shape index (κ1) is 14.2. The number of benzene rings is 1. The van der Waals surface area contributed by atoms with Gasteiger partial charge in [-0.25, -0.2) is 4.98 Å². The van der Waals surface area contributed by atoms with Crippen LogP contribution in [0, 0.1) is 0 Å². The molecule has 1 aromatic heterocycles. The molecule has 1 aromatic carbocycles. The van der Waals surface area contributed by atoms with E-state index >= 15 is 0 Å². The number of hydrogen-bond donors (Lipinski definition) is 1. The van der Waals surface area contributed by atoms with E-state index in [0.29, 0.717) is 5.56 Å². The van der Waals surface area contributed by atoms with Crippen LogP contribution in [0.2, 0.25) is 10.3 Å². The monoisotopic (exact) mass is 312 g/mol. The van der Waals surface area contributed by atoms with Crippen molar-refractivity contribution < 1.29 is 4.79 Å². The molecular formula is C13H10Cl2N2OS. The molecule has 0 saturated heterocycles. The van der Waals surface area contributed by atoms with Crippen LogP contribution in [-0.4, -0.2) is 17.1 Å². The number of para-hydroxylation sites is 1. The van der Waals surface area contributed by atoms with Gasteiger partial charge in [-0.3, -0.25) is 4.79 Å². The average Bonchev–Trinajstić information content (AvgIpc) is 2.38. The number of carbonyl (C=O) groups excluding carboxylic acids is 1. The lowest BCUT2D eigenvalue weighted by Crippen LogP contribution is -2.12. The zero-order valence-electron chi connectivity index (χ0n) is 9.98. The Morgan fingerprint density at radius 3 is 2.47 bits per heavy atom. The third kappa shape index (κ3) is 3.62. The average molecular weight is 313 g/mol. The summed E-state index contributed by atoms with van der Waals surface area (Å²) in [4.78, 5) is 16.9. The van der Waals surface area contributed by atoms with Gasteiger partial charge in [-0.15, -0.1) is 11.8 Å². The maximum atomic E-state index is 12.1. The lowest BCUT2D eigenvalue weighted by Gasteiger charge is -2.09. The molecule has 19 heavy (non-hydrogen) atoms. The zero-order chi connectivity index (χ0) is 13.8. The maximum Gasteiger partial charge on any atom is 0.255 e. The molecular weight excluding hydrogens is 303 g/mol. The Kier molecular flexibility index (Phi) is 4.69. The van der Waals surface area contributed by atoms with Crippen molar-refractivity contribution in [2.24, 2.45) is 0 Å². The summed E-state index contributed by atoms with van der Waals surface area (Å²) < 4.78 is 0. The summed E-state index contributed by atoms with van der Waals surface area (Å²) in [7, 11) is 0. The van der Waals surface area contributed by atoms with Crippen LogP contribution in [0.25, 0.3) is 0 Å². The lowest BCUT2D eigenvalue weighted by atomic mass is 10.2. The van der Waals surface area contributed by atoms with E-state index in [-0.39, 0.29) is 16.2 Å². The summed E-state index contributed by atoms with van der Waals surface area (Å²) in [5.74, 6) is -0.271. The molecule has 2 rings (SSSR count). The fourth-order valence-corrected chi connectivity index (χ4v) is 2.55. The molecule has 0 radical (unpaired) electrons. The van der Waals surface area contributed by atoms with Crippen LogP contribution < -0.4 is 5.32 Å². The van der Waals surface area contributed by atoms with E-state index in [1.165, 1.54) is 12.1 Å². The van der Waals surface area contributed by atoms with Gasteiger partial charge < -0.3 is 5.32 Å². The van der Waals surface area contributed by atoms with Crippen LogP contribution >= 0.6 is 35.0 Å². The van der Waals surface area contributed by atoms with Crippen LogP contribution in [0.15, 0.2) is 41.3 Å². The summed E-state index contributed by atoms with van der Waals surface area (Å²) in [5.41, 5.74) is 1.13. The highest BCUT2D eigenvalue weighted by molar-refractivity contribution is 7.98. The molecule has 1 amide bonds. The van der Waals surface area contributed by atoms with Gasteiger partial charge >= 0.3 is 0 Å². The molecule has 0 saturated carbocycles. The topological polar surface area (TPSA) is 42.0 Å². The molecule has 0 spiro atoms. The highest BCUT2D eigenvalue weighted by atomic mass is 35.5. The number of halogens is 2. The minimum atomic E-state index is -0.271. The second-order valence-electron chi connectivity index (χ2n) is 3.66. The number of nitrogens with zero attached hydrogens (tertiary/aromatic N) is 1. The number of anilines is 1. The fraction of sp³-hybridized carbons (Fsp3) is 0.0769. The van der Waals surface area contributed by atoms with E-state index in [4.69, 9.17) is 23.2 Å². The molecule has 1 N–H and O–H groups in total. The minimum absolute atomic E-state index is 0.191. The summed E-state index contributed by atoms with van der Waals surface area (Å²) in [6.07, 6.45) is 1.95. The standard InChI is InChI=1S/C13H10Cl2N2OS/c1-19-10-5-3-2-4-9(10)16-13(18)8-6-11(14)17-12(15)7-8/h2-7H,1H3,(H,16,18). The molecule has 0 aliphatic rings. The molecule has 0 fully saturated rings. The number of hydrogen-bond acceptors (Lipinski definition) is 3. The van der Waals surface area contributed by atoms with Gasteiger partial charge in [-0.2, -0.15) is 0 Å². The summed E-state index contributed by atoms with van der Waals surface area (Å²) in [5, 5.41) is 3.21. The van der Waals surface area contributed by atoms with Gasteiger partial charge in [0.2, 0.25) is 0 Å². The van der Waals surface area contributed by atoms with Crippen LogP contribution in [0.1, 0.15) is 10.4 Å². The van der Waals surface area contributed by atoms with Crippen LogP contribution in [0.5, 0.6) is 0 Å². The molecule has 1 heterocycles. The van der Waals surface area contributed by atoms with E-state index in [2.05, 4.69) is 10.3 Å². The first-order valence-electron chi connectivity index (χ1n) is 5.37. The third-order valence-corrected chi connectivity index (χ3v) is 3.56. The Hall–Kier alpha value is -1.23. The SMILES string of the molecule is CSc1ccccc1NC(=O)c1cc(Cl)nc(Cl)c1. The van der Waals surface area contributed by atoms with E-state index < -0.39 is 0 Å². The molecule has 0 atom stereocenters. The minimum Gasteiger partial charge on any atom is -0.321 e. The largest absolute Gasteiger partial charge is 0.321 e. The van der Waals surface area contributed by atoms with Crippen molar-refractivity contribution in [1.82, 2.24) is 4.98 Å². The molecule has 0 bridgehead atoms. The molecule has 0 aliphatic heterocycles. The number of amides is 1. The van der Waals surface area contributed by atoms with Crippen LogP contribution in [0.4, 0.5) is 5.69 Å². The highest BCUT2D eigenvalue weighted by Gasteiger charge is 2.10. The Bertz CT molecular complexity index is 599. The smallest absolute Gasteiger partial charge is 0.255 e. The van der Waals surface area contributed by atoms with Gasteiger partial charge in [0.15, 0.2) is 0 Å². The number of carbonyl (C=O) groups is 1. The maximum absolute atomic E-state index is 12.1. The lowest BCUT2D eigenvalue weighted by molar-refractivity contribution is 0.102. The van der Waals surface area contributed by atoms with E-state index in [1.807, 2.05) is 30.5 Å². The Balaban J connectivity index is 2.25. The zero-order valence-corrected chi connectivity index (χ0v) is 12.3. The van der Waals surface area contributed by atoms with Gasteiger partial charge in [0.25, 0.3) is 5.91 Å². The second-order valence-corrected chi connectivity index (χ2v) is 5.28. The van der Waals surface area contributed by atoms with Crippen LogP contribution in [-0.2, 0) is 0 Å². The fourth-order valence-electron chi connectivity index (χ4n) is 1.54. The van der Waals surface area contributed by atoms with Gasteiger partial charge in [0.1, 0.15) is 10.3 Å². The Labute approximate surface area is 125 Å². The highest BCUT2D eigenvalue weighted by Crippen LogP contribution is 2.25. The number of rotatable bonds is 3. The number of pyridine rings is 1. The van der Waals surface area contributed by atoms with Gasteiger partial charge in [-0.05, 0) is 30.5 Å². The number of aromatic nitrogens is 1. The van der Waals surface area contributed by atoms with Gasteiger partial charge in [0, 0.05) is 10.5 Å². The van der Waals surface area contributed by atoms with Crippen molar-refractivity contribution in [3.8, 4) is 0 Å². The van der Waals surface area contributed by atoms with E-state index in [9.17, 15) is 4.79 Å². The summed E-state index contributed by atoms with van der Waals surface area (Å²) >= 11 is 13.1. The Morgan fingerprint density at radius 1 is 1.21 bits per heavy atom. The first-order chi connectivity index (χ1) is 9.10. The van der Waals surface area contributed by atoms with Crippen molar-refractivity contribution in [2.45, 2.75) is 4.90 Å². The molecule has 6 heteroatoms. The number of thioether (sulfide) groups is 1. The normalized spacial score (nSPS) is 10.3. The van der Waals surface area contributed by atoms with Gasteiger partial charge in [-0.1, -0.05) is 35.3 Å². The van der Waals surface area contributed by atoms with Crippen LogP contribution in [0.3, 0.4) is 0 Å². The Morgan fingerprint density at radius 2 is 1.84 bits per heavy atom. The van der Waals surface area contributed by atoms with Crippen molar-refractivity contribution in [3.63, 3.8) is 0 Å². The van der Waals surface area contributed by atoms with E-state index in [0.717, 1.165) is 10.6 Å². The third-order valence-electron chi connectivity index (χ3n) is 2.38. The quantitative estimate of drug-likeness (QED) is 0.676. The molecule has 3 nitrogen and oxygen atoms in total. The summed E-state index contributed by atoms with van der Waals surface area (Å²) in [6, 6.07) is 10.5. The number of nitrogens with one attached hydrogen (secondary N) is 1. The molecule has 0 aliphatic carbocycles. The van der Waals surface area contributed by atoms with Crippen molar-refractivity contribution >= 4 is 46.6 Å². The van der Waals surface area contributed by atoms with E-state index in [1.54, 1.807) is 11.8 Å². The predicted octanol–water partition coefficient (Wildman–Crippen LogP) is 4.36. The predicted molar refractivity (Wildman–Crippen MR) is 80.4 cm³/mol. The molecule has 2 aromatic rings. The second kappa shape index (κ2) is 6.28. The van der Waals surface area contributed by atoms with Gasteiger partial charge in [0.05, 0.1) is 5.69 Å². The van der Waals surface area contributed by atoms with Crippen molar-refractivity contribution in [2.75, 3.05) is 11.6 Å². The summed E-state index contributed by atoms with van der Waals surface area (Å²) in [6.45, 7) is 0. The van der Waals surface area contributed by atoms with Crippen molar-refractivity contribution in [3.05, 3.63) is 52.3 Å². The molecule has 98 valence electrons.